The minimum atomic E-state index is -0.514. The lowest BCUT2D eigenvalue weighted by atomic mass is 10.2. The highest BCUT2D eigenvalue weighted by Gasteiger charge is 2.13. The first-order chi connectivity index (χ1) is 9.49. The molecule has 1 N–H and O–H groups in total. The number of nitrogens with zero attached hydrogens (tertiary/aromatic N) is 1. The van der Waals surface area contributed by atoms with Crippen LogP contribution >= 0.6 is 23.2 Å². The molecule has 102 valence electrons. The number of hydrogen-bond donors (Lipinski definition) is 1. The van der Waals surface area contributed by atoms with Gasteiger partial charge in [0, 0.05) is 17.8 Å². The van der Waals surface area contributed by atoms with E-state index in [-0.39, 0.29) is 21.3 Å². The molecule has 0 unspecified atom stereocenters. The van der Waals surface area contributed by atoms with E-state index in [4.69, 9.17) is 23.2 Å². The lowest BCUT2D eigenvalue weighted by Gasteiger charge is -2.07. The molecular formula is C13H8Cl2N2O3. The Kier molecular flexibility index (Phi) is 4.22. The summed E-state index contributed by atoms with van der Waals surface area (Å²) in [5.41, 5.74) is 0.609. The summed E-state index contributed by atoms with van der Waals surface area (Å²) in [6.07, 6.45) is 0. The Morgan fingerprint density at radius 3 is 2.35 bits per heavy atom. The Balaban J connectivity index is 2.19. The van der Waals surface area contributed by atoms with Crippen LogP contribution in [0, 0.1) is 10.1 Å². The van der Waals surface area contributed by atoms with Crippen molar-refractivity contribution in [1.82, 2.24) is 0 Å². The van der Waals surface area contributed by atoms with Gasteiger partial charge in [-0.2, -0.15) is 0 Å². The first-order valence-electron chi connectivity index (χ1n) is 5.49. The molecule has 0 aliphatic heterocycles. The lowest BCUT2D eigenvalue weighted by Crippen LogP contribution is -2.12. The zero-order valence-corrected chi connectivity index (χ0v) is 11.5. The number of nitro groups is 1. The maximum absolute atomic E-state index is 12.0. The summed E-state index contributed by atoms with van der Waals surface area (Å²) in [5, 5.41) is 13.6. The minimum absolute atomic E-state index is 0.0520. The highest BCUT2D eigenvalue weighted by Crippen LogP contribution is 2.26. The van der Waals surface area contributed by atoms with Gasteiger partial charge < -0.3 is 5.32 Å². The van der Waals surface area contributed by atoms with Crippen LogP contribution in [-0.2, 0) is 0 Å². The second-order valence-electron chi connectivity index (χ2n) is 3.86. The number of hydrogen-bond acceptors (Lipinski definition) is 3. The van der Waals surface area contributed by atoms with E-state index in [1.54, 1.807) is 12.1 Å². The molecule has 0 aliphatic rings. The van der Waals surface area contributed by atoms with Gasteiger partial charge in [-0.15, -0.1) is 0 Å². The van der Waals surface area contributed by atoms with Crippen molar-refractivity contribution in [3.63, 3.8) is 0 Å². The maximum Gasteiger partial charge on any atom is 0.269 e. The Bertz CT molecular complexity index is 672. The number of carbonyl (C=O) groups excluding carboxylic acids is 1. The summed E-state index contributed by atoms with van der Waals surface area (Å²) in [5.74, 6) is -0.439. The predicted molar refractivity (Wildman–Crippen MR) is 77.5 cm³/mol. The van der Waals surface area contributed by atoms with Crippen LogP contribution < -0.4 is 5.32 Å². The molecule has 0 aromatic heterocycles. The normalized spacial score (nSPS) is 10.1. The van der Waals surface area contributed by atoms with Crippen molar-refractivity contribution in [1.29, 1.82) is 0 Å². The molecule has 0 spiro atoms. The monoisotopic (exact) mass is 310 g/mol. The average Bonchev–Trinajstić information content (AvgIpc) is 2.42. The van der Waals surface area contributed by atoms with Crippen molar-refractivity contribution < 1.29 is 9.72 Å². The highest BCUT2D eigenvalue weighted by molar-refractivity contribution is 6.44. The Morgan fingerprint density at radius 1 is 1.10 bits per heavy atom. The fourth-order valence-electron chi connectivity index (χ4n) is 1.54. The Labute approximate surface area is 124 Å². The maximum atomic E-state index is 12.0. The molecule has 0 saturated heterocycles. The number of nitro benzene ring substituents is 1. The van der Waals surface area contributed by atoms with Gasteiger partial charge in [0.05, 0.1) is 20.5 Å². The predicted octanol–water partition coefficient (Wildman–Crippen LogP) is 4.15. The summed E-state index contributed by atoms with van der Waals surface area (Å²) in [7, 11) is 0. The van der Waals surface area contributed by atoms with Crippen LogP contribution in [0.3, 0.4) is 0 Å². The zero-order valence-electron chi connectivity index (χ0n) is 9.97. The second-order valence-corrected chi connectivity index (χ2v) is 4.64. The number of benzene rings is 2. The van der Waals surface area contributed by atoms with E-state index in [2.05, 4.69) is 5.32 Å². The SMILES string of the molecule is O=C(Nc1ccc([N+](=O)[O-])cc1)c1cccc(Cl)c1Cl. The largest absolute Gasteiger partial charge is 0.322 e. The summed E-state index contributed by atoms with van der Waals surface area (Å²) < 4.78 is 0. The fraction of sp³-hybridized carbons (Fsp3) is 0. The molecule has 7 heteroatoms. The average molecular weight is 311 g/mol. The van der Waals surface area contributed by atoms with Gasteiger partial charge in [0.25, 0.3) is 11.6 Å². The third kappa shape index (κ3) is 3.07. The highest BCUT2D eigenvalue weighted by atomic mass is 35.5. The fourth-order valence-corrected chi connectivity index (χ4v) is 1.93. The van der Waals surface area contributed by atoms with Gasteiger partial charge >= 0.3 is 0 Å². The molecule has 0 bridgehead atoms. The van der Waals surface area contributed by atoms with Gasteiger partial charge in [-0.1, -0.05) is 29.3 Å². The standard InChI is InChI=1S/C13H8Cl2N2O3/c14-11-3-1-2-10(12(11)15)13(18)16-8-4-6-9(7-5-8)17(19)20/h1-7H,(H,16,18). The Hall–Kier alpha value is -2.11. The van der Waals surface area contributed by atoms with Crippen molar-refractivity contribution >= 4 is 40.5 Å². The Morgan fingerprint density at radius 2 is 1.75 bits per heavy atom. The van der Waals surface area contributed by atoms with E-state index in [9.17, 15) is 14.9 Å². The van der Waals surface area contributed by atoms with Crippen molar-refractivity contribution in [3.05, 3.63) is 68.2 Å². The molecule has 0 fully saturated rings. The van der Waals surface area contributed by atoms with E-state index in [1.807, 2.05) is 0 Å². The summed E-state index contributed by atoms with van der Waals surface area (Å²) in [6.45, 7) is 0. The van der Waals surface area contributed by atoms with Crippen molar-refractivity contribution in [2.75, 3.05) is 5.32 Å². The van der Waals surface area contributed by atoms with E-state index in [0.29, 0.717) is 5.69 Å². The van der Waals surface area contributed by atoms with Crippen LogP contribution in [0.15, 0.2) is 42.5 Å². The molecule has 5 nitrogen and oxygen atoms in total. The quantitative estimate of drug-likeness (QED) is 0.683. The molecule has 0 atom stereocenters. The smallest absolute Gasteiger partial charge is 0.269 e. The molecule has 20 heavy (non-hydrogen) atoms. The van der Waals surface area contributed by atoms with Crippen LogP contribution in [0.25, 0.3) is 0 Å². The summed E-state index contributed by atoms with van der Waals surface area (Å²) >= 11 is 11.8. The van der Waals surface area contributed by atoms with Crippen molar-refractivity contribution in [2.24, 2.45) is 0 Å². The van der Waals surface area contributed by atoms with Gasteiger partial charge in [0.1, 0.15) is 0 Å². The molecule has 0 saturated carbocycles. The number of anilines is 1. The first kappa shape index (κ1) is 14.3. The molecule has 0 radical (unpaired) electrons. The molecule has 0 aliphatic carbocycles. The summed E-state index contributed by atoms with van der Waals surface area (Å²) in [6, 6.07) is 10.2. The number of carbonyl (C=O) groups is 1. The van der Waals surface area contributed by atoms with Crippen molar-refractivity contribution in [2.45, 2.75) is 0 Å². The van der Waals surface area contributed by atoms with Crippen LogP contribution in [0.5, 0.6) is 0 Å². The number of rotatable bonds is 3. The number of non-ortho nitro benzene ring substituents is 1. The van der Waals surface area contributed by atoms with Gasteiger partial charge in [-0.25, -0.2) is 0 Å². The molecule has 1 amide bonds. The first-order valence-corrected chi connectivity index (χ1v) is 6.24. The van der Waals surface area contributed by atoms with Gasteiger partial charge in [-0.05, 0) is 24.3 Å². The van der Waals surface area contributed by atoms with Gasteiger partial charge in [0.2, 0.25) is 0 Å². The van der Waals surface area contributed by atoms with Crippen LogP contribution in [0.1, 0.15) is 10.4 Å². The summed E-state index contributed by atoms with van der Waals surface area (Å²) in [4.78, 5) is 22.0. The lowest BCUT2D eigenvalue weighted by molar-refractivity contribution is -0.384. The molecule has 0 heterocycles. The van der Waals surface area contributed by atoms with E-state index in [0.717, 1.165) is 0 Å². The molecule has 2 rings (SSSR count). The minimum Gasteiger partial charge on any atom is -0.322 e. The van der Waals surface area contributed by atoms with Gasteiger partial charge in [0.15, 0.2) is 0 Å². The van der Waals surface area contributed by atoms with E-state index in [1.165, 1.54) is 30.3 Å². The number of halogens is 2. The number of nitrogens with one attached hydrogen (secondary N) is 1. The third-order valence-corrected chi connectivity index (χ3v) is 3.35. The van der Waals surface area contributed by atoms with Crippen LogP contribution in [-0.4, -0.2) is 10.8 Å². The molecular weight excluding hydrogens is 303 g/mol. The third-order valence-electron chi connectivity index (χ3n) is 2.53. The van der Waals surface area contributed by atoms with Crippen LogP contribution in [0.4, 0.5) is 11.4 Å². The van der Waals surface area contributed by atoms with E-state index >= 15 is 0 Å². The van der Waals surface area contributed by atoms with Gasteiger partial charge in [-0.3, -0.25) is 14.9 Å². The second kappa shape index (κ2) is 5.90. The van der Waals surface area contributed by atoms with E-state index < -0.39 is 10.8 Å². The number of amides is 1. The molecule has 2 aromatic carbocycles. The zero-order chi connectivity index (χ0) is 14.7. The van der Waals surface area contributed by atoms with Crippen LogP contribution in [0.2, 0.25) is 10.0 Å². The van der Waals surface area contributed by atoms with Crippen molar-refractivity contribution in [3.8, 4) is 0 Å². The topological polar surface area (TPSA) is 72.2 Å². The molecule has 2 aromatic rings.